The van der Waals surface area contributed by atoms with E-state index in [9.17, 15) is 74.6 Å². The van der Waals surface area contributed by atoms with Crippen molar-refractivity contribution in [1.82, 2.24) is 0 Å². The molecule has 0 bridgehead atoms. The van der Waals surface area contributed by atoms with Crippen molar-refractivity contribution in [3.8, 4) is 0 Å². The van der Waals surface area contributed by atoms with Gasteiger partial charge in [0.1, 0.15) is 0 Å². The van der Waals surface area contributed by atoms with Crippen molar-refractivity contribution in [2.75, 3.05) is 0 Å². The number of alkyl halides is 17. The molecule has 0 aromatic heterocycles. The molecule has 0 aliphatic carbocycles. The molecule has 0 atom stereocenters. The van der Waals surface area contributed by atoms with E-state index in [1.807, 2.05) is 0 Å². The molecule has 0 spiro atoms. The molecule has 1 aromatic carbocycles. The largest absolute Gasteiger partial charge is 0.460 e. The van der Waals surface area contributed by atoms with Crippen LogP contribution in [0.3, 0.4) is 0 Å². The fourth-order valence-electron chi connectivity index (χ4n) is 2.29. The van der Waals surface area contributed by atoms with Gasteiger partial charge in [-0.15, -0.1) is 0 Å². The van der Waals surface area contributed by atoms with Gasteiger partial charge in [-0.1, -0.05) is 36.9 Å². The normalized spacial score (nSPS) is 15.5. The molecule has 0 amide bonds. The van der Waals surface area contributed by atoms with Crippen LogP contribution in [-0.2, 0) is 5.92 Å². The molecule has 0 saturated carbocycles. The standard InChI is InChI=1S/C16H7F17/c1-2-7-5-3-4-6-8(7)9(17,18)10(19,20)11(21,22)12(23,24)13(25,26)14(27,28)15(29,30)16(31,32)33/h2-6H,1H2. The highest BCUT2D eigenvalue weighted by Crippen LogP contribution is 2.65. The lowest BCUT2D eigenvalue weighted by Crippen LogP contribution is -2.74. The highest BCUT2D eigenvalue weighted by molar-refractivity contribution is 5.54. The fourth-order valence-corrected chi connectivity index (χ4v) is 2.29. The van der Waals surface area contributed by atoms with Crippen molar-refractivity contribution in [2.24, 2.45) is 0 Å². The third-order valence-corrected chi connectivity index (χ3v) is 4.24. The first kappa shape index (κ1) is 28.8. The quantitative estimate of drug-likeness (QED) is 0.306. The molecule has 190 valence electrons. The van der Waals surface area contributed by atoms with Crippen LogP contribution in [0.2, 0.25) is 0 Å². The smallest absolute Gasteiger partial charge is 0.194 e. The molecular formula is C16H7F17. The van der Waals surface area contributed by atoms with E-state index in [0.29, 0.717) is 12.1 Å². The molecule has 0 aliphatic rings. The molecule has 33 heavy (non-hydrogen) atoms. The average Bonchev–Trinajstić information content (AvgIpc) is 2.65. The van der Waals surface area contributed by atoms with Crippen molar-refractivity contribution < 1.29 is 74.6 Å². The maximum atomic E-state index is 14.1. The van der Waals surface area contributed by atoms with Crippen LogP contribution in [0.4, 0.5) is 74.6 Å². The Kier molecular flexibility index (Phi) is 6.67. The summed E-state index contributed by atoms with van der Waals surface area (Å²) in [5.74, 6) is -56.6. The first-order chi connectivity index (χ1) is 14.3. The van der Waals surface area contributed by atoms with Gasteiger partial charge in [-0.2, -0.15) is 74.6 Å². The van der Waals surface area contributed by atoms with Crippen molar-refractivity contribution >= 4 is 6.08 Å². The molecule has 0 radical (unpaired) electrons. The molecule has 17 heteroatoms. The predicted molar refractivity (Wildman–Crippen MR) is 76.2 cm³/mol. The molecular weight excluding hydrogens is 515 g/mol. The molecule has 0 nitrogen and oxygen atoms in total. The first-order valence-electron chi connectivity index (χ1n) is 7.74. The van der Waals surface area contributed by atoms with Crippen LogP contribution in [0.1, 0.15) is 11.1 Å². The minimum Gasteiger partial charge on any atom is -0.194 e. The lowest BCUT2D eigenvalue weighted by Gasteiger charge is -2.43. The predicted octanol–water partition coefficient (Wildman–Crippen LogP) is 7.80. The monoisotopic (exact) mass is 522 g/mol. The van der Waals surface area contributed by atoms with Gasteiger partial charge in [0.15, 0.2) is 0 Å². The Morgan fingerprint density at radius 2 is 0.818 bits per heavy atom. The summed E-state index contributed by atoms with van der Waals surface area (Å²) in [6.07, 6.45) is -7.50. The van der Waals surface area contributed by atoms with Gasteiger partial charge in [-0.3, -0.25) is 0 Å². The van der Waals surface area contributed by atoms with Crippen LogP contribution >= 0.6 is 0 Å². The Balaban J connectivity index is 3.78. The third-order valence-electron chi connectivity index (χ3n) is 4.24. The summed E-state index contributed by atoms with van der Waals surface area (Å²) in [7, 11) is 0. The summed E-state index contributed by atoms with van der Waals surface area (Å²) in [4.78, 5) is 0. The zero-order valence-corrected chi connectivity index (χ0v) is 15.0. The molecule has 0 fully saturated rings. The first-order valence-corrected chi connectivity index (χ1v) is 7.74. The number of hydrogen-bond donors (Lipinski definition) is 0. The minimum absolute atomic E-state index is 0.107. The van der Waals surface area contributed by atoms with Gasteiger partial charge in [0.25, 0.3) is 0 Å². The minimum atomic E-state index is -8.64. The second-order valence-corrected chi connectivity index (χ2v) is 6.31. The van der Waals surface area contributed by atoms with Crippen molar-refractivity contribution in [3.63, 3.8) is 0 Å². The zero-order chi connectivity index (χ0) is 26.7. The van der Waals surface area contributed by atoms with E-state index in [1.54, 1.807) is 0 Å². The third kappa shape index (κ3) is 3.61. The van der Waals surface area contributed by atoms with Gasteiger partial charge in [-0.25, -0.2) is 0 Å². The molecule has 0 aliphatic heterocycles. The Morgan fingerprint density at radius 1 is 0.485 bits per heavy atom. The van der Waals surface area contributed by atoms with E-state index in [0.717, 1.165) is 6.07 Å². The van der Waals surface area contributed by atoms with E-state index in [1.165, 1.54) is 0 Å². The fraction of sp³-hybridized carbons (Fsp3) is 0.500. The highest BCUT2D eigenvalue weighted by atomic mass is 19.4. The van der Waals surface area contributed by atoms with Crippen molar-refractivity contribution in [2.45, 2.75) is 47.6 Å². The molecule has 0 unspecified atom stereocenters. The molecule has 0 heterocycles. The summed E-state index contributed by atoms with van der Waals surface area (Å²) in [6, 6.07) is 1.60. The van der Waals surface area contributed by atoms with Crippen LogP contribution in [0.15, 0.2) is 30.8 Å². The average molecular weight is 522 g/mol. The van der Waals surface area contributed by atoms with Crippen LogP contribution in [-0.4, -0.2) is 41.7 Å². The van der Waals surface area contributed by atoms with Gasteiger partial charge in [0.05, 0.1) is 0 Å². The Labute approximate surface area is 171 Å². The van der Waals surface area contributed by atoms with E-state index in [-0.39, 0.29) is 12.1 Å². The van der Waals surface area contributed by atoms with E-state index in [2.05, 4.69) is 6.58 Å². The van der Waals surface area contributed by atoms with Crippen LogP contribution in [0.25, 0.3) is 6.08 Å². The summed E-state index contributed by atoms with van der Waals surface area (Å²) in [5, 5.41) is 0. The molecule has 0 saturated heterocycles. The van der Waals surface area contributed by atoms with Crippen LogP contribution in [0.5, 0.6) is 0 Å². The van der Waals surface area contributed by atoms with Gasteiger partial charge in [0.2, 0.25) is 0 Å². The summed E-state index contributed by atoms with van der Waals surface area (Å²) in [6.45, 7) is 2.80. The lowest BCUT2D eigenvalue weighted by molar-refractivity contribution is -0.462. The number of rotatable bonds is 8. The van der Waals surface area contributed by atoms with E-state index >= 15 is 0 Å². The molecule has 1 rings (SSSR count). The van der Waals surface area contributed by atoms with Crippen LogP contribution < -0.4 is 0 Å². The van der Waals surface area contributed by atoms with Crippen LogP contribution in [0, 0.1) is 0 Å². The van der Waals surface area contributed by atoms with Crippen molar-refractivity contribution in [3.05, 3.63) is 42.0 Å². The second-order valence-electron chi connectivity index (χ2n) is 6.31. The Bertz CT molecular complexity index is 877. The molecule has 1 aromatic rings. The Morgan fingerprint density at radius 3 is 1.18 bits per heavy atom. The molecule has 0 N–H and O–H groups in total. The lowest BCUT2D eigenvalue weighted by atomic mass is 9.86. The second kappa shape index (κ2) is 7.65. The number of halogens is 17. The summed E-state index contributed by atoms with van der Waals surface area (Å²) >= 11 is 0. The SMILES string of the molecule is C=Cc1ccccc1C(F)(F)C(F)(F)C(F)(F)C(F)(F)C(F)(F)C(F)(F)C(F)(F)C(F)(F)F. The van der Waals surface area contributed by atoms with Gasteiger partial charge < -0.3 is 0 Å². The zero-order valence-electron chi connectivity index (χ0n) is 15.0. The maximum Gasteiger partial charge on any atom is 0.460 e. The Hall–Kier alpha value is -2.23. The summed E-state index contributed by atoms with van der Waals surface area (Å²) in [5.41, 5.74) is -3.43. The van der Waals surface area contributed by atoms with E-state index in [4.69, 9.17) is 0 Å². The summed E-state index contributed by atoms with van der Waals surface area (Å²) < 4.78 is 225. The highest BCUT2D eigenvalue weighted by Gasteiger charge is 2.95. The van der Waals surface area contributed by atoms with Gasteiger partial charge >= 0.3 is 47.6 Å². The van der Waals surface area contributed by atoms with Gasteiger partial charge in [0, 0.05) is 5.56 Å². The van der Waals surface area contributed by atoms with Crippen molar-refractivity contribution in [1.29, 1.82) is 0 Å². The number of benzene rings is 1. The maximum absolute atomic E-state index is 14.1. The van der Waals surface area contributed by atoms with Gasteiger partial charge in [-0.05, 0) is 5.56 Å². The topological polar surface area (TPSA) is 0 Å². The number of hydrogen-bond acceptors (Lipinski definition) is 0. The van der Waals surface area contributed by atoms with E-state index < -0.39 is 58.8 Å².